The summed E-state index contributed by atoms with van der Waals surface area (Å²) >= 11 is 15.1. The summed E-state index contributed by atoms with van der Waals surface area (Å²) < 4.78 is 0.850. The highest BCUT2D eigenvalue weighted by Crippen LogP contribution is 2.23. The van der Waals surface area contributed by atoms with Crippen LogP contribution in [0.15, 0.2) is 22.7 Å². The SMILES string of the molecule is CCC(C)(CCCl)NC(=O)c1ccc(Br)cc1Cl. The van der Waals surface area contributed by atoms with Crippen LogP contribution in [-0.2, 0) is 0 Å². The molecule has 1 unspecified atom stereocenters. The molecule has 0 aliphatic rings. The lowest BCUT2D eigenvalue weighted by Crippen LogP contribution is -2.45. The number of hydrogen-bond acceptors (Lipinski definition) is 1. The molecular formula is C13H16BrCl2NO. The van der Waals surface area contributed by atoms with Crippen molar-refractivity contribution in [3.8, 4) is 0 Å². The molecule has 1 rings (SSSR count). The average molecular weight is 353 g/mol. The largest absolute Gasteiger partial charge is 0.347 e. The van der Waals surface area contributed by atoms with Gasteiger partial charge < -0.3 is 5.32 Å². The highest BCUT2D eigenvalue weighted by Gasteiger charge is 2.25. The fourth-order valence-electron chi connectivity index (χ4n) is 1.55. The lowest BCUT2D eigenvalue weighted by atomic mass is 9.95. The van der Waals surface area contributed by atoms with Crippen molar-refractivity contribution in [2.24, 2.45) is 0 Å². The molecule has 0 saturated carbocycles. The van der Waals surface area contributed by atoms with E-state index in [2.05, 4.69) is 21.2 Å². The Morgan fingerprint density at radius 2 is 2.17 bits per heavy atom. The number of carbonyl (C=O) groups is 1. The number of amides is 1. The van der Waals surface area contributed by atoms with Gasteiger partial charge in [-0.3, -0.25) is 4.79 Å². The number of carbonyl (C=O) groups excluding carboxylic acids is 1. The van der Waals surface area contributed by atoms with Gasteiger partial charge >= 0.3 is 0 Å². The topological polar surface area (TPSA) is 29.1 Å². The van der Waals surface area contributed by atoms with E-state index in [9.17, 15) is 4.79 Å². The van der Waals surface area contributed by atoms with E-state index in [1.807, 2.05) is 13.8 Å². The second kappa shape index (κ2) is 6.78. The third-order valence-corrected chi connectivity index (χ3v) is 4.01. The smallest absolute Gasteiger partial charge is 0.253 e. The Balaban J connectivity index is 2.87. The predicted molar refractivity (Wildman–Crippen MR) is 80.7 cm³/mol. The van der Waals surface area contributed by atoms with Crippen molar-refractivity contribution in [1.82, 2.24) is 5.32 Å². The summed E-state index contributed by atoms with van der Waals surface area (Å²) in [5, 5.41) is 3.43. The van der Waals surface area contributed by atoms with Gasteiger partial charge in [-0.05, 0) is 38.0 Å². The maximum absolute atomic E-state index is 12.2. The van der Waals surface area contributed by atoms with E-state index in [1.54, 1.807) is 18.2 Å². The van der Waals surface area contributed by atoms with Gasteiger partial charge in [0.15, 0.2) is 0 Å². The number of nitrogens with one attached hydrogen (secondary N) is 1. The van der Waals surface area contributed by atoms with Crippen LogP contribution in [0.25, 0.3) is 0 Å². The second-order valence-electron chi connectivity index (χ2n) is 4.43. The maximum atomic E-state index is 12.2. The molecule has 1 aromatic carbocycles. The first-order valence-electron chi connectivity index (χ1n) is 5.75. The summed E-state index contributed by atoms with van der Waals surface area (Å²) in [6, 6.07) is 5.21. The van der Waals surface area contributed by atoms with Gasteiger partial charge in [0, 0.05) is 15.9 Å². The molecule has 0 heterocycles. The Kier molecular flexibility index (Phi) is 5.96. The van der Waals surface area contributed by atoms with Crippen LogP contribution < -0.4 is 5.32 Å². The molecule has 2 nitrogen and oxygen atoms in total. The molecule has 1 aromatic rings. The Hall–Kier alpha value is -0.250. The molecule has 18 heavy (non-hydrogen) atoms. The fourth-order valence-corrected chi connectivity index (χ4v) is 2.73. The molecule has 1 N–H and O–H groups in total. The van der Waals surface area contributed by atoms with Gasteiger partial charge in [0.25, 0.3) is 5.91 Å². The zero-order valence-corrected chi connectivity index (χ0v) is 13.5. The van der Waals surface area contributed by atoms with Crippen LogP contribution >= 0.6 is 39.1 Å². The van der Waals surface area contributed by atoms with Crippen molar-refractivity contribution in [2.75, 3.05) is 5.88 Å². The van der Waals surface area contributed by atoms with E-state index in [4.69, 9.17) is 23.2 Å². The first kappa shape index (κ1) is 15.8. The predicted octanol–water partition coefficient (Wildman–Crippen LogP) is 4.63. The van der Waals surface area contributed by atoms with Crippen molar-refractivity contribution in [1.29, 1.82) is 0 Å². The average Bonchev–Trinajstić information content (AvgIpc) is 2.28. The molecule has 0 spiro atoms. The molecule has 1 amide bonds. The van der Waals surface area contributed by atoms with Crippen LogP contribution in [0.5, 0.6) is 0 Å². The Morgan fingerprint density at radius 1 is 1.50 bits per heavy atom. The van der Waals surface area contributed by atoms with Crippen LogP contribution in [-0.4, -0.2) is 17.3 Å². The lowest BCUT2D eigenvalue weighted by Gasteiger charge is -2.29. The van der Waals surface area contributed by atoms with Gasteiger partial charge in [0.2, 0.25) is 0 Å². The van der Waals surface area contributed by atoms with Gasteiger partial charge in [-0.15, -0.1) is 11.6 Å². The second-order valence-corrected chi connectivity index (χ2v) is 6.13. The molecule has 0 bridgehead atoms. The van der Waals surface area contributed by atoms with Crippen LogP contribution in [0.4, 0.5) is 0 Å². The normalized spacial score (nSPS) is 14.1. The van der Waals surface area contributed by atoms with Crippen molar-refractivity contribution >= 4 is 45.0 Å². The standard InChI is InChI=1S/C13H16BrCl2NO/c1-3-13(2,6-7-15)17-12(18)10-5-4-9(14)8-11(10)16/h4-5,8H,3,6-7H2,1-2H3,(H,17,18). The van der Waals surface area contributed by atoms with Crippen molar-refractivity contribution in [2.45, 2.75) is 32.2 Å². The Bertz CT molecular complexity index is 439. The number of hydrogen-bond donors (Lipinski definition) is 1. The van der Waals surface area contributed by atoms with Crippen molar-refractivity contribution in [3.05, 3.63) is 33.3 Å². The molecule has 0 aromatic heterocycles. The maximum Gasteiger partial charge on any atom is 0.253 e. The summed E-state index contributed by atoms with van der Waals surface area (Å²) in [5.41, 5.74) is 0.184. The monoisotopic (exact) mass is 351 g/mol. The van der Waals surface area contributed by atoms with Crippen molar-refractivity contribution < 1.29 is 4.79 Å². The van der Waals surface area contributed by atoms with E-state index in [0.29, 0.717) is 16.5 Å². The lowest BCUT2D eigenvalue weighted by molar-refractivity contribution is 0.0901. The molecule has 0 aliphatic carbocycles. The Labute approximate surface area is 126 Å². The molecule has 5 heteroatoms. The molecule has 0 radical (unpaired) electrons. The van der Waals surface area contributed by atoms with E-state index in [1.165, 1.54) is 0 Å². The zero-order chi connectivity index (χ0) is 13.8. The van der Waals surface area contributed by atoms with E-state index < -0.39 is 0 Å². The van der Waals surface area contributed by atoms with Gasteiger partial charge in [0.05, 0.1) is 10.6 Å². The van der Waals surface area contributed by atoms with Gasteiger partial charge in [-0.1, -0.05) is 34.5 Å². The highest BCUT2D eigenvalue weighted by molar-refractivity contribution is 9.10. The molecule has 0 saturated heterocycles. The van der Waals surface area contributed by atoms with Gasteiger partial charge in [0.1, 0.15) is 0 Å². The van der Waals surface area contributed by atoms with Crippen LogP contribution in [0.2, 0.25) is 5.02 Å². The van der Waals surface area contributed by atoms with Gasteiger partial charge in [-0.25, -0.2) is 0 Å². The minimum atomic E-state index is -0.296. The minimum Gasteiger partial charge on any atom is -0.347 e. The molecular weight excluding hydrogens is 337 g/mol. The number of rotatable bonds is 5. The summed E-state index contributed by atoms with van der Waals surface area (Å²) in [4.78, 5) is 12.2. The molecule has 0 aliphatic heterocycles. The number of halogens is 3. The summed E-state index contributed by atoms with van der Waals surface area (Å²) in [6.45, 7) is 4.01. The molecule has 100 valence electrons. The van der Waals surface area contributed by atoms with Gasteiger partial charge in [-0.2, -0.15) is 0 Å². The van der Waals surface area contributed by atoms with Crippen LogP contribution in [0.1, 0.15) is 37.0 Å². The van der Waals surface area contributed by atoms with Crippen LogP contribution in [0.3, 0.4) is 0 Å². The summed E-state index contributed by atoms with van der Waals surface area (Å²) in [5.74, 6) is 0.348. The first-order valence-corrected chi connectivity index (χ1v) is 7.46. The summed E-state index contributed by atoms with van der Waals surface area (Å²) in [7, 11) is 0. The molecule has 0 fully saturated rings. The van der Waals surface area contributed by atoms with Crippen LogP contribution in [0, 0.1) is 0 Å². The van der Waals surface area contributed by atoms with E-state index in [-0.39, 0.29) is 11.4 Å². The third kappa shape index (κ3) is 4.15. The third-order valence-electron chi connectivity index (χ3n) is 3.02. The number of benzene rings is 1. The Morgan fingerprint density at radius 3 is 2.67 bits per heavy atom. The first-order chi connectivity index (χ1) is 8.41. The number of alkyl halides is 1. The quantitative estimate of drug-likeness (QED) is 0.769. The van der Waals surface area contributed by atoms with Crippen molar-refractivity contribution in [3.63, 3.8) is 0 Å². The van der Waals surface area contributed by atoms with E-state index >= 15 is 0 Å². The molecule has 1 atom stereocenters. The minimum absolute atomic E-state index is 0.165. The fraction of sp³-hybridized carbons (Fsp3) is 0.462. The highest BCUT2D eigenvalue weighted by atomic mass is 79.9. The zero-order valence-electron chi connectivity index (χ0n) is 10.4. The summed E-state index contributed by atoms with van der Waals surface area (Å²) in [6.07, 6.45) is 1.55. The van der Waals surface area contributed by atoms with E-state index in [0.717, 1.165) is 17.3 Å².